The number of rotatable bonds is 6. The maximum absolute atomic E-state index is 12.0. The zero-order valence-electron chi connectivity index (χ0n) is 12.3. The van der Waals surface area contributed by atoms with Gasteiger partial charge in [-0.3, -0.25) is 4.79 Å². The Hall–Kier alpha value is -2.04. The number of hydrogen-bond donors (Lipinski definition) is 3. The number of benzene rings is 1. The van der Waals surface area contributed by atoms with Crippen LogP contribution in [0.3, 0.4) is 0 Å². The van der Waals surface area contributed by atoms with Crippen LogP contribution in [-0.2, 0) is 11.2 Å². The second-order valence-electron chi connectivity index (χ2n) is 5.17. The van der Waals surface area contributed by atoms with Crippen molar-refractivity contribution in [1.82, 2.24) is 5.32 Å². The quantitative estimate of drug-likeness (QED) is 0.322. The molecule has 110 valence electrons. The highest BCUT2D eigenvalue weighted by Crippen LogP contribution is 2.14. The van der Waals surface area contributed by atoms with E-state index in [1.54, 1.807) is 12.1 Å². The van der Waals surface area contributed by atoms with Crippen molar-refractivity contribution < 1.29 is 10.0 Å². The predicted molar refractivity (Wildman–Crippen MR) is 79.8 cm³/mol. The van der Waals surface area contributed by atoms with Crippen molar-refractivity contribution >= 4 is 11.7 Å². The van der Waals surface area contributed by atoms with Gasteiger partial charge >= 0.3 is 0 Å². The lowest BCUT2D eigenvalue weighted by atomic mass is 9.95. The number of nitrogens with two attached hydrogens (primary N) is 1. The Balaban J connectivity index is 2.67. The molecule has 0 aromatic heterocycles. The Kier molecular flexibility index (Phi) is 5.55. The summed E-state index contributed by atoms with van der Waals surface area (Å²) in [6, 6.07) is 7.08. The number of nitrogens with one attached hydrogen (secondary N) is 1. The summed E-state index contributed by atoms with van der Waals surface area (Å²) < 4.78 is 0. The van der Waals surface area contributed by atoms with Crippen LogP contribution < -0.4 is 11.1 Å². The molecule has 5 heteroatoms. The largest absolute Gasteiger partial charge is 0.409 e. The van der Waals surface area contributed by atoms with E-state index in [2.05, 4.69) is 24.3 Å². The predicted octanol–water partition coefficient (Wildman–Crippen LogP) is 2.02. The highest BCUT2D eigenvalue weighted by Gasteiger charge is 2.21. The molecule has 1 rings (SSSR count). The summed E-state index contributed by atoms with van der Waals surface area (Å²) in [6.07, 6.45) is 2.13. The van der Waals surface area contributed by atoms with Crippen LogP contribution in [0.25, 0.3) is 0 Å². The van der Waals surface area contributed by atoms with E-state index in [1.165, 1.54) is 0 Å². The molecule has 4 N–H and O–H groups in total. The van der Waals surface area contributed by atoms with E-state index in [-0.39, 0.29) is 17.3 Å². The molecule has 0 aliphatic heterocycles. The molecular weight excluding hydrogens is 254 g/mol. The van der Waals surface area contributed by atoms with Gasteiger partial charge in [0, 0.05) is 11.1 Å². The second kappa shape index (κ2) is 6.93. The minimum Gasteiger partial charge on any atom is -0.409 e. The molecule has 0 fully saturated rings. The minimum absolute atomic E-state index is 0.00717. The van der Waals surface area contributed by atoms with Crippen LogP contribution in [0, 0.1) is 0 Å². The van der Waals surface area contributed by atoms with Gasteiger partial charge in [0.25, 0.3) is 0 Å². The maximum Gasteiger partial charge on any atom is 0.224 e. The van der Waals surface area contributed by atoms with E-state index in [9.17, 15) is 4.79 Å². The molecule has 1 aromatic rings. The number of amidine groups is 1. The fourth-order valence-corrected chi connectivity index (χ4v) is 1.84. The smallest absolute Gasteiger partial charge is 0.224 e. The summed E-state index contributed by atoms with van der Waals surface area (Å²) in [5, 5.41) is 14.6. The van der Waals surface area contributed by atoms with Crippen molar-refractivity contribution in [3.63, 3.8) is 0 Å². The lowest BCUT2D eigenvalue weighted by Gasteiger charge is -2.28. The fourth-order valence-electron chi connectivity index (χ4n) is 1.84. The van der Waals surface area contributed by atoms with E-state index >= 15 is 0 Å². The lowest BCUT2D eigenvalue weighted by molar-refractivity contribution is -0.122. The Labute approximate surface area is 119 Å². The third-order valence-corrected chi connectivity index (χ3v) is 3.72. The van der Waals surface area contributed by atoms with Crippen LogP contribution in [-0.4, -0.2) is 22.5 Å². The average molecular weight is 277 g/mol. The van der Waals surface area contributed by atoms with Crippen molar-refractivity contribution in [1.29, 1.82) is 0 Å². The van der Waals surface area contributed by atoms with Crippen molar-refractivity contribution in [2.45, 2.75) is 45.6 Å². The number of carbonyl (C=O) groups excluding carboxylic acids is 1. The normalized spacial score (nSPS) is 12.2. The molecule has 20 heavy (non-hydrogen) atoms. The monoisotopic (exact) mass is 277 g/mol. The third-order valence-electron chi connectivity index (χ3n) is 3.72. The number of carbonyl (C=O) groups is 1. The third kappa shape index (κ3) is 4.26. The Morgan fingerprint density at radius 1 is 1.30 bits per heavy atom. The first-order valence-electron chi connectivity index (χ1n) is 6.82. The van der Waals surface area contributed by atoms with Gasteiger partial charge in [0.15, 0.2) is 5.84 Å². The van der Waals surface area contributed by atoms with E-state index < -0.39 is 0 Å². The molecule has 1 aromatic carbocycles. The molecular formula is C15H23N3O2. The van der Waals surface area contributed by atoms with Crippen LogP contribution in [0.2, 0.25) is 0 Å². The van der Waals surface area contributed by atoms with Gasteiger partial charge in [-0.25, -0.2) is 0 Å². The molecule has 0 bridgehead atoms. The Morgan fingerprint density at radius 2 is 1.85 bits per heavy atom. The first-order valence-corrected chi connectivity index (χ1v) is 6.82. The molecule has 0 unspecified atom stereocenters. The average Bonchev–Trinajstić information content (AvgIpc) is 2.46. The first kappa shape index (κ1) is 16.0. The molecule has 0 radical (unpaired) electrons. The van der Waals surface area contributed by atoms with Crippen LogP contribution >= 0.6 is 0 Å². The van der Waals surface area contributed by atoms with Crippen LogP contribution in [0.1, 0.15) is 44.7 Å². The molecule has 0 saturated heterocycles. The molecule has 0 heterocycles. The van der Waals surface area contributed by atoms with Gasteiger partial charge in [0.1, 0.15) is 0 Å². The Morgan fingerprint density at radius 3 is 2.30 bits per heavy atom. The first-order chi connectivity index (χ1) is 9.44. The summed E-state index contributed by atoms with van der Waals surface area (Å²) in [5.74, 6) is 0.0679. The summed E-state index contributed by atoms with van der Waals surface area (Å²) >= 11 is 0. The zero-order valence-corrected chi connectivity index (χ0v) is 12.3. The van der Waals surface area contributed by atoms with Crippen molar-refractivity contribution in [3.05, 3.63) is 35.4 Å². The van der Waals surface area contributed by atoms with Crippen LogP contribution in [0.4, 0.5) is 0 Å². The second-order valence-corrected chi connectivity index (χ2v) is 5.17. The van der Waals surface area contributed by atoms with Gasteiger partial charge in [-0.15, -0.1) is 0 Å². The zero-order chi connectivity index (χ0) is 15.2. The molecule has 1 amide bonds. The van der Waals surface area contributed by atoms with Crippen LogP contribution in [0.5, 0.6) is 0 Å². The number of amides is 1. The highest BCUT2D eigenvalue weighted by molar-refractivity contribution is 5.97. The SMILES string of the molecule is CCC(C)(CC)NC(=O)Cc1ccc(/C(N)=N/O)cc1. The molecule has 0 aliphatic rings. The van der Waals surface area contributed by atoms with E-state index in [1.807, 2.05) is 19.1 Å². The van der Waals surface area contributed by atoms with Gasteiger partial charge in [0.05, 0.1) is 6.42 Å². The van der Waals surface area contributed by atoms with Gasteiger partial charge in [-0.2, -0.15) is 0 Å². The van der Waals surface area contributed by atoms with E-state index in [0.717, 1.165) is 18.4 Å². The van der Waals surface area contributed by atoms with Gasteiger partial charge < -0.3 is 16.3 Å². The number of hydrogen-bond acceptors (Lipinski definition) is 3. The fraction of sp³-hybridized carbons (Fsp3) is 0.467. The minimum atomic E-state index is -0.148. The number of oxime groups is 1. The van der Waals surface area contributed by atoms with Gasteiger partial charge in [-0.1, -0.05) is 43.3 Å². The Bertz CT molecular complexity index is 476. The standard InChI is InChI=1S/C15H23N3O2/c1-4-15(3,5-2)17-13(19)10-11-6-8-12(9-7-11)14(16)18-20/h6-9,20H,4-5,10H2,1-3H3,(H2,16,18)(H,17,19). The lowest BCUT2D eigenvalue weighted by Crippen LogP contribution is -2.45. The maximum atomic E-state index is 12.0. The van der Waals surface area contributed by atoms with Crippen LogP contribution in [0.15, 0.2) is 29.4 Å². The highest BCUT2D eigenvalue weighted by atomic mass is 16.4. The molecule has 0 atom stereocenters. The summed E-state index contributed by atoms with van der Waals surface area (Å²) in [5.41, 5.74) is 6.86. The number of nitrogens with zero attached hydrogens (tertiary/aromatic N) is 1. The van der Waals surface area contributed by atoms with Crippen molar-refractivity contribution in [2.24, 2.45) is 10.9 Å². The summed E-state index contributed by atoms with van der Waals surface area (Å²) in [7, 11) is 0. The van der Waals surface area contributed by atoms with Gasteiger partial charge in [0.2, 0.25) is 5.91 Å². The summed E-state index contributed by atoms with van der Waals surface area (Å²) in [4.78, 5) is 12.0. The van der Waals surface area contributed by atoms with Crippen molar-refractivity contribution in [2.75, 3.05) is 0 Å². The van der Waals surface area contributed by atoms with Crippen molar-refractivity contribution in [3.8, 4) is 0 Å². The van der Waals surface area contributed by atoms with E-state index in [4.69, 9.17) is 10.9 Å². The molecule has 0 saturated carbocycles. The molecule has 0 aliphatic carbocycles. The molecule has 0 spiro atoms. The topological polar surface area (TPSA) is 87.7 Å². The van der Waals surface area contributed by atoms with E-state index in [0.29, 0.717) is 12.0 Å². The van der Waals surface area contributed by atoms with Gasteiger partial charge in [-0.05, 0) is 25.3 Å². The molecule has 5 nitrogen and oxygen atoms in total. The summed E-state index contributed by atoms with van der Waals surface area (Å²) in [6.45, 7) is 6.18.